The second-order valence-electron chi connectivity index (χ2n) is 2.39. The zero-order valence-corrected chi connectivity index (χ0v) is 8.74. The van der Waals surface area contributed by atoms with E-state index in [9.17, 15) is 4.79 Å². The predicted molar refractivity (Wildman–Crippen MR) is 55.8 cm³/mol. The lowest BCUT2D eigenvalue weighted by Crippen LogP contribution is -1.84. The summed E-state index contributed by atoms with van der Waals surface area (Å²) < 4.78 is 5.94. The van der Waals surface area contributed by atoms with E-state index in [1.54, 1.807) is 13.2 Å². The van der Waals surface area contributed by atoms with Crippen molar-refractivity contribution in [2.45, 2.75) is 0 Å². The Morgan fingerprint density at radius 2 is 2.23 bits per heavy atom. The second kappa shape index (κ2) is 4.82. The first kappa shape index (κ1) is 9.99. The summed E-state index contributed by atoms with van der Waals surface area (Å²) in [5.41, 5.74) is 0.958. The quantitative estimate of drug-likeness (QED) is 0.600. The Morgan fingerprint density at radius 3 is 2.77 bits per heavy atom. The molecule has 0 N–H and O–H groups in total. The summed E-state index contributed by atoms with van der Waals surface area (Å²) in [6, 6.07) is 5.61. The van der Waals surface area contributed by atoms with Crippen molar-refractivity contribution >= 4 is 28.3 Å². The van der Waals surface area contributed by atoms with Crippen LogP contribution in [0.3, 0.4) is 0 Å². The maximum Gasteiger partial charge on any atom is 0.142 e. The fraction of sp³-hybridized carbons (Fsp3) is 0.100. The van der Waals surface area contributed by atoms with E-state index < -0.39 is 0 Å². The molecule has 0 saturated carbocycles. The number of hydrogen-bond donors (Lipinski definition) is 0. The molecule has 1 aromatic rings. The maximum absolute atomic E-state index is 10.1. The van der Waals surface area contributed by atoms with Gasteiger partial charge < -0.3 is 4.74 Å². The largest absolute Gasteiger partial charge is 0.496 e. The van der Waals surface area contributed by atoms with Crippen LogP contribution in [0, 0.1) is 0 Å². The van der Waals surface area contributed by atoms with Crippen LogP contribution in [0.15, 0.2) is 28.7 Å². The topological polar surface area (TPSA) is 26.3 Å². The SMILES string of the molecule is COc1ccc(/C=C/C=O)cc1Br. The Kier molecular flexibility index (Phi) is 3.71. The minimum Gasteiger partial charge on any atom is -0.496 e. The number of methoxy groups -OCH3 is 1. The van der Waals surface area contributed by atoms with E-state index in [0.717, 1.165) is 22.1 Å². The molecule has 0 aliphatic carbocycles. The molecule has 0 aromatic heterocycles. The Morgan fingerprint density at radius 1 is 1.46 bits per heavy atom. The summed E-state index contributed by atoms with van der Waals surface area (Å²) >= 11 is 3.35. The summed E-state index contributed by atoms with van der Waals surface area (Å²) in [6.07, 6.45) is 3.93. The van der Waals surface area contributed by atoms with E-state index in [4.69, 9.17) is 4.74 Å². The molecule has 0 heterocycles. The minimum absolute atomic E-state index is 0.748. The van der Waals surface area contributed by atoms with Gasteiger partial charge in [0.1, 0.15) is 12.0 Å². The molecule has 1 rings (SSSR count). The smallest absolute Gasteiger partial charge is 0.142 e. The molecule has 0 saturated heterocycles. The van der Waals surface area contributed by atoms with E-state index in [2.05, 4.69) is 15.9 Å². The lowest BCUT2D eigenvalue weighted by Gasteiger charge is -2.02. The molecular weight excluding hydrogens is 232 g/mol. The van der Waals surface area contributed by atoms with Gasteiger partial charge in [-0.2, -0.15) is 0 Å². The highest BCUT2D eigenvalue weighted by Gasteiger charge is 1.98. The van der Waals surface area contributed by atoms with Crippen molar-refractivity contribution in [1.29, 1.82) is 0 Å². The van der Waals surface area contributed by atoms with E-state index >= 15 is 0 Å². The molecule has 2 nitrogen and oxygen atoms in total. The van der Waals surface area contributed by atoms with Crippen LogP contribution in [0.4, 0.5) is 0 Å². The maximum atomic E-state index is 10.1. The van der Waals surface area contributed by atoms with Gasteiger partial charge in [-0.1, -0.05) is 12.1 Å². The monoisotopic (exact) mass is 240 g/mol. The zero-order valence-electron chi connectivity index (χ0n) is 7.16. The molecule has 0 aliphatic rings. The van der Waals surface area contributed by atoms with Gasteiger partial charge in [0.05, 0.1) is 11.6 Å². The lowest BCUT2D eigenvalue weighted by atomic mass is 10.2. The van der Waals surface area contributed by atoms with Gasteiger partial charge in [-0.25, -0.2) is 0 Å². The molecule has 0 fully saturated rings. The summed E-state index contributed by atoms with van der Waals surface area (Å²) in [6.45, 7) is 0. The molecule has 0 atom stereocenters. The molecule has 13 heavy (non-hydrogen) atoms. The second-order valence-corrected chi connectivity index (χ2v) is 3.24. The first-order valence-corrected chi connectivity index (χ1v) is 4.52. The number of ether oxygens (including phenoxy) is 1. The van der Waals surface area contributed by atoms with E-state index in [-0.39, 0.29) is 0 Å². The highest BCUT2D eigenvalue weighted by molar-refractivity contribution is 9.10. The molecule has 3 heteroatoms. The van der Waals surface area contributed by atoms with Gasteiger partial charge in [0.25, 0.3) is 0 Å². The van der Waals surface area contributed by atoms with Crippen molar-refractivity contribution in [3.05, 3.63) is 34.3 Å². The number of rotatable bonds is 3. The first-order valence-electron chi connectivity index (χ1n) is 3.73. The van der Waals surface area contributed by atoms with Gasteiger partial charge >= 0.3 is 0 Å². The number of benzene rings is 1. The standard InChI is InChI=1S/C10H9BrO2/c1-13-10-5-4-8(3-2-6-12)7-9(10)11/h2-7H,1H3/b3-2+. The van der Waals surface area contributed by atoms with Crippen molar-refractivity contribution in [3.63, 3.8) is 0 Å². The molecule has 68 valence electrons. The number of carbonyl (C=O) groups is 1. The molecule has 0 bridgehead atoms. The van der Waals surface area contributed by atoms with Crippen LogP contribution in [0.1, 0.15) is 5.56 Å². The molecule has 0 unspecified atom stereocenters. The molecule has 0 spiro atoms. The number of aldehydes is 1. The normalized spacial score (nSPS) is 10.3. The average molecular weight is 241 g/mol. The fourth-order valence-electron chi connectivity index (χ4n) is 0.937. The van der Waals surface area contributed by atoms with Crippen LogP contribution in [0.5, 0.6) is 5.75 Å². The van der Waals surface area contributed by atoms with Crippen LogP contribution in [0.2, 0.25) is 0 Å². The molecule has 0 amide bonds. The molecule has 0 aliphatic heterocycles. The fourth-order valence-corrected chi connectivity index (χ4v) is 1.50. The van der Waals surface area contributed by atoms with Crippen molar-refractivity contribution in [3.8, 4) is 5.75 Å². The number of hydrogen-bond acceptors (Lipinski definition) is 2. The Bertz CT molecular complexity index is 332. The van der Waals surface area contributed by atoms with Gasteiger partial charge in [-0.15, -0.1) is 0 Å². The van der Waals surface area contributed by atoms with E-state index in [1.165, 1.54) is 6.08 Å². The van der Waals surface area contributed by atoms with Gasteiger partial charge in [0.2, 0.25) is 0 Å². The molecular formula is C10H9BrO2. The predicted octanol–water partition coefficient (Wildman–Crippen LogP) is 2.67. The van der Waals surface area contributed by atoms with Crippen LogP contribution >= 0.6 is 15.9 Å². The van der Waals surface area contributed by atoms with Gasteiger partial charge in [0, 0.05) is 0 Å². The first-order chi connectivity index (χ1) is 6.27. The van der Waals surface area contributed by atoms with E-state index in [1.807, 2.05) is 18.2 Å². The highest BCUT2D eigenvalue weighted by atomic mass is 79.9. The van der Waals surface area contributed by atoms with Crippen molar-refractivity contribution in [2.24, 2.45) is 0 Å². The molecule has 0 radical (unpaired) electrons. The number of carbonyl (C=O) groups excluding carboxylic acids is 1. The van der Waals surface area contributed by atoms with Crippen molar-refractivity contribution < 1.29 is 9.53 Å². The molecule has 1 aromatic carbocycles. The third-order valence-electron chi connectivity index (χ3n) is 1.54. The van der Waals surface area contributed by atoms with Crippen LogP contribution in [-0.4, -0.2) is 13.4 Å². The van der Waals surface area contributed by atoms with Crippen LogP contribution in [0.25, 0.3) is 6.08 Å². The number of halogens is 1. The summed E-state index contributed by atoms with van der Waals surface area (Å²) in [7, 11) is 1.61. The highest BCUT2D eigenvalue weighted by Crippen LogP contribution is 2.25. The van der Waals surface area contributed by atoms with Gasteiger partial charge in [-0.05, 0) is 39.7 Å². The van der Waals surface area contributed by atoms with Gasteiger partial charge in [-0.3, -0.25) is 4.79 Å². The summed E-state index contributed by atoms with van der Waals surface area (Å²) in [4.78, 5) is 10.1. The summed E-state index contributed by atoms with van der Waals surface area (Å²) in [5, 5.41) is 0. The third-order valence-corrected chi connectivity index (χ3v) is 2.16. The van der Waals surface area contributed by atoms with Gasteiger partial charge in [0.15, 0.2) is 0 Å². The van der Waals surface area contributed by atoms with Crippen LogP contribution in [-0.2, 0) is 4.79 Å². The third kappa shape index (κ3) is 2.70. The Hall–Kier alpha value is -1.09. The Balaban J connectivity index is 2.95. The minimum atomic E-state index is 0.748. The average Bonchev–Trinajstić information content (AvgIpc) is 2.15. The van der Waals surface area contributed by atoms with Crippen LogP contribution < -0.4 is 4.74 Å². The lowest BCUT2D eigenvalue weighted by molar-refractivity contribution is -0.104. The van der Waals surface area contributed by atoms with E-state index in [0.29, 0.717) is 0 Å². The summed E-state index contributed by atoms with van der Waals surface area (Å²) in [5.74, 6) is 0.781. The Labute approximate surface area is 85.3 Å². The zero-order chi connectivity index (χ0) is 9.68. The van der Waals surface area contributed by atoms with Crippen molar-refractivity contribution in [1.82, 2.24) is 0 Å². The van der Waals surface area contributed by atoms with Crippen molar-refractivity contribution in [2.75, 3.05) is 7.11 Å². The number of allylic oxidation sites excluding steroid dienone is 1.